The van der Waals surface area contributed by atoms with Crippen LogP contribution < -0.4 is 26.6 Å². The number of nitrogens with one attached hydrogen (secondary N) is 1. The van der Waals surface area contributed by atoms with E-state index in [-0.39, 0.29) is 52.3 Å². The van der Waals surface area contributed by atoms with Crippen molar-refractivity contribution in [1.29, 1.82) is 0 Å². The number of hydrogen-bond acceptors (Lipinski definition) is 17. The molecule has 20 heteroatoms. The maximum absolute atomic E-state index is 12.4. The van der Waals surface area contributed by atoms with Crippen molar-refractivity contribution in [3.8, 4) is 5.88 Å². The number of hydrogen-bond donors (Lipinski definition) is 3. The van der Waals surface area contributed by atoms with Crippen LogP contribution in [0.2, 0.25) is 0 Å². The summed E-state index contributed by atoms with van der Waals surface area (Å²) in [6, 6.07) is 0. The van der Waals surface area contributed by atoms with E-state index in [0.717, 1.165) is 17.8 Å². The number of fused-ring (bicyclic) bond motifs is 2. The zero-order valence-electron chi connectivity index (χ0n) is 28.5. The van der Waals surface area contributed by atoms with Crippen LogP contribution >= 0.6 is 34.9 Å². The molecule has 0 aliphatic carbocycles. The molecule has 17 nitrogen and oxygen atoms in total. The Morgan fingerprint density at radius 2 is 1.40 bits per heavy atom. The molecule has 8 atom stereocenters. The monoisotopic (exact) mass is 752 g/mol. The summed E-state index contributed by atoms with van der Waals surface area (Å²) in [4.78, 5) is 62.0. The number of carbonyl (C=O) groups is 2. The Morgan fingerprint density at radius 3 is 1.92 bits per heavy atom. The Balaban J connectivity index is 0.000000195. The summed E-state index contributed by atoms with van der Waals surface area (Å²) < 4.78 is 33.1. The summed E-state index contributed by atoms with van der Waals surface area (Å²) in [5.41, 5.74) is 11.6. The lowest BCUT2D eigenvalue weighted by atomic mass is 9.98. The summed E-state index contributed by atoms with van der Waals surface area (Å²) in [6.07, 6.45) is -1.26. The van der Waals surface area contributed by atoms with Gasteiger partial charge in [-0.05, 0) is 32.0 Å². The van der Waals surface area contributed by atoms with Gasteiger partial charge in [0.1, 0.15) is 9.40 Å². The molecule has 0 spiro atoms. The highest BCUT2D eigenvalue weighted by Gasteiger charge is 2.47. The molecule has 2 aliphatic heterocycles. The van der Waals surface area contributed by atoms with Gasteiger partial charge in [-0.2, -0.15) is 15.0 Å². The minimum absolute atomic E-state index is 0.0243. The molecule has 4 aromatic rings. The predicted molar refractivity (Wildman–Crippen MR) is 189 cm³/mol. The van der Waals surface area contributed by atoms with Crippen molar-refractivity contribution in [3.63, 3.8) is 0 Å². The van der Waals surface area contributed by atoms with E-state index in [1.54, 1.807) is 4.57 Å². The van der Waals surface area contributed by atoms with E-state index in [1.807, 2.05) is 34.6 Å². The number of nitrogens with two attached hydrogens (primary N) is 2. The van der Waals surface area contributed by atoms with Gasteiger partial charge < -0.3 is 35.2 Å². The van der Waals surface area contributed by atoms with E-state index in [9.17, 15) is 19.2 Å². The molecular weight excluding hydrogens is 713 g/mol. The van der Waals surface area contributed by atoms with Crippen LogP contribution in [0.15, 0.2) is 9.59 Å². The van der Waals surface area contributed by atoms with Crippen molar-refractivity contribution in [3.05, 3.63) is 24.0 Å². The number of thiazole rings is 2. The normalized spacial score (nSPS) is 26.1. The highest BCUT2D eigenvalue weighted by Crippen LogP contribution is 2.42. The molecule has 272 valence electrons. The number of aromatic nitrogens is 6. The molecular formula is C30H40N8O9S3. The van der Waals surface area contributed by atoms with Crippen LogP contribution in [-0.2, 0) is 28.5 Å². The SMILES string of the molecule is CCOc1nc(N)nc2c1sc(=S)n2[C@@H]1O[C@H](CC)[C@@H](C)[C@H]1OC(C)=O.CC[C@H]1O[C@@H](n2c(=O)sc3c(=O)[nH]c(N)nc32)[C@H](OC(C)=O)[C@@H]1C. The molecule has 0 amide bonds. The van der Waals surface area contributed by atoms with Crippen LogP contribution in [0.1, 0.15) is 73.8 Å². The number of nitrogens with zero attached hydrogens (tertiary/aromatic N) is 5. The Labute approximate surface area is 298 Å². The van der Waals surface area contributed by atoms with Crippen LogP contribution in [0.5, 0.6) is 5.88 Å². The maximum atomic E-state index is 12.4. The smallest absolute Gasteiger partial charge is 0.311 e. The van der Waals surface area contributed by atoms with Gasteiger partial charge in [-0.15, -0.1) is 0 Å². The molecule has 2 aliphatic rings. The average molecular weight is 753 g/mol. The number of rotatable bonds is 8. The maximum Gasteiger partial charge on any atom is 0.311 e. The fourth-order valence-corrected chi connectivity index (χ4v) is 8.48. The van der Waals surface area contributed by atoms with Gasteiger partial charge in [0.2, 0.25) is 17.8 Å². The summed E-state index contributed by atoms with van der Waals surface area (Å²) >= 11 is 7.63. The molecule has 4 aromatic heterocycles. The fraction of sp³-hybridized carbons (Fsp3) is 0.600. The molecule has 0 unspecified atom stereocenters. The van der Waals surface area contributed by atoms with Gasteiger partial charge in [-0.1, -0.05) is 50.4 Å². The number of anilines is 2. The zero-order valence-corrected chi connectivity index (χ0v) is 31.0. The van der Waals surface area contributed by atoms with Gasteiger partial charge in [0.15, 0.2) is 39.9 Å². The van der Waals surface area contributed by atoms with Crippen LogP contribution in [0, 0.1) is 15.8 Å². The third-order valence-corrected chi connectivity index (χ3v) is 10.9. The highest BCUT2D eigenvalue weighted by molar-refractivity contribution is 7.73. The topological polar surface area (TPSA) is 231 Å². The summed E-state index contributed by atoms with van der Waals surface area (Å²) in [5.74, 6) is -0.517. The molecule has 50 heavy (non-hydrogen) atoms. The number of esters is 2. The minimum atomic E-state index is -0.844. The van der Waals surface area contributed by atoms with E-state index < -0.39 is 41.1 Å². The zero-order chi connectivity index (χ0) is 36.6. The Hall–Kier alpha value is -3.98. The lowest BCUT2D eigenvalue weighted by molar-refractivity contribution is -0.154. The van der Waals surface area contributed by atoms with Crippen LogP contribution in [-0.4, -0.2) is 72.0 Å². The van der Waals surface area contributed by atoms with Crippen molar-refractivity contribution in [2.75, 3.05) is 18.1 Å². The minimum Gasteiger partial charge on any atom is -0.477 e. The number of carbonyl (C=O) groups excluding carboxylic acids is 2. The summed E-state index contributed by atoms with van der Waals surface area (Å²) in [5, 5.41) is 0. The fourth-order valence-electron chi connectivity index (χ4n) is 6.31. The second-order valence-electron chi connectivity index (χ2n) is 11.9. The van der Waals surface area contributed by atoms with Gasteiger partial charge >= 0.3 is 16.8 Å². The Kier molecular flexibility index (Phi) is 11.3. The molecule has 2 saturated heterocycles. The van der Waals surface area contributed by atoms with Gasteiger partial charge in [-0.25, -0.2) is 0 Å². The first-order valence-electron chi connectivity index (χ1n) is 16.1. The van der Waals surface area contributed by atoms with Gasteiger partial charge in [-0.3, -0.25) is 33.3 Å². The van der Waals surface area contributed by atoms with E-state index in [2.05, 4.69) is 19.9 Å². The third-order valence-electron chi connectivity index (χ3n) is 8.54. The molecule has 0 bridgehead atoms. The van der Waals surface area contributed by atoms with Crippen LogP contribution in [0.3, 0.4) is 0 Å². The predicted octanol–water partition coefficient (Wildman–Crippen LogP) is 3.68. The van der Waals surface area contributed by atoms with Crippen molar-refractivity contribution in [1.82, 2.24) is 29.1 Å². The second-order valence-corrected chi connectivity index (χ2v) is 14.5. The number of ether oxygens (including phenoxy) is 5. The molecule has 2 fully saturated rings. The van der Waals surface area contributed by atoms with Crippen LogP contribution in [0.4, 0.5) is 11.9 Å². The summed E-state index contributed by atoms with van der Waals surface area (Å²) in [7, 11) is 0. The van der Waals surface area contributed by atoms with E-state index in [4.69, 9.17) is 47.4 Å². The quantitative estimate of drug-likeness (QED) is 0.172. The second kappa shape index (κ2) is 15.1. The number of H-pyrrole nitrogens is 1. The standard InChI is InChI=1S/C16H22N4O4S2.C14H18N4O5S/c1-5-9-7(3)10(23-8(4)21)14(24-9)20-12-11(26-16(20)25)13(22-6-2)19-15(17)18-12;1-4-7-5(2)8(22-6(3)19)12(23-7)18-10-9(24-14(18)21)11(20)17-13(15)16-10/h7,9-10,14H,5-6H2,1-4H3,(H2,17,18,19);5,7-8,12H,4H2,1-3H3,(H3,15,16,17,20)/t7-,9-,10-,14-;5-,7-,8-,12-/m11/s1. The van der Waals surface area contributed by atoms with Crippen molar-refractivity contribution in [2.24, 2.45) is 11.8 Å². The Bertz CT molecular complexity index is 2070. The van der Waals surface area contributed by atoms with Crippen LogP contribution in [0.25, 0.3) is 20.7 Å². The first kappa shape index (κ1) is 37.3. The molecule has 6 heterocycles. The third kappa shape index (κ3) is 7.11. The van der Waals surface area contributed by atoms with Gasteiger partial charge in [0, 0.05) is 25.7 Å². The Morgan fingerprint density at radius 1 is 0.860 bits per heavy atom. The number of nitrogen functional groups attached to an aromatic ring is 2. The lowest BCUT2D eigenvalue weighted by Gasteiger charge is -2.22. The van der Waals surface area contributed by atoms with E-state index >= 15 is 0 Å². The van der Waals surface area contributed by atoms with Crippen molar-refractivity contribution >= 4 is 79.4 Å². The number of aromatic amines is 1. The van der Waals surface area contributed by atoms with E-state index in [1.165, 1.54) is 29.8 Å². The highest BCUT2D eigenvalue weighted by atomic mass is 32.1. The molecule has 0 saturated carbocycles. The molecule has 6 rings (SSSR count). The van der Waals surface area contributed by atoms with E-state index in [0.29, 0.717) is 33.2 Å². The average Bonchev–Trinajstić information content (AvgIpc) is 3.74. The van der Waals surface area contributed by atoms with Crippen molar-refractivity contribution < 1.29 is 33.3 Å². The lowest BCUT2D eigenvalue weighted by Crippen LogP contribution is -2.33. The summed E-state index contributed by atoms with van der Waals surface area (Å²) in [6.45, 7) is 12.9. The first-order valence-corrected chi connectivity index (χ1v) is 18.1. The first-order chi connectivity index (χ1) is 23.7. The molecule has 0 aromatic carbocycles. The van der Waals surface area contributed by atoms with Gasteiger partial charge in [0.25, 0.3) is 5.56 Å². The largest absolute Gasteiger partial charge is 0.477 e. The van der Waals surface area contributed by atoms with Gasteiger partial charge in [0.05, 0.1) is 18.8 Å². The molecule has 5 N–H and O–H groups in total. The molecule has 0 radical (unpaired) electrons. The van der Waals surface area contributed by atoms with Crippen molar-refractivity contribution in [2.45, 2.75) is 98.2 Å².